The summed E-state index contributed by atoms with van der Waals surface area (Å²) in [5, 5.41) is 11.4. The maximum Gasteiger partial charge on any atom is 0.407 e. The minimum Gasteiger partial charge on any atom is -0.443 e. The van der Waals surface area contributed by atoms with Gasteiger partial charge in [-0.3, -0.25) is 0 Å². The molecule has 0 spiro atoms. The molecule has 2 aromatic carbocycles. The number of aromatic nitrogens is 3. The van der Waals surface area contributed by atoms with Crippen molar-refractivity contribution in [1.82, 2.24) is 20.3 Å². The van der Waals surface area contributed by atoms with Crippen molar-refractivity contribution in [2.45, 2.75) is 13.0 Å². The van der Waals surface area contributed by atoms with Gasteiger partial charge >= 0.3 is 6.09 Å². The number of nitrogens with one attached hydrogen (secondary N) is 1. The van der Waals surface area contributed by atoms with Crippen molar-refractivity contribution in [2.24, 2.45) is 0 Å². The van der Waals surface area contributed by atoms with Crippen LogP contribution in [0.25, 0.3) is 5.69 Å². The first kappa shape index (κ1) is 17.0. The van der Waals surface area contributed by atoms with Crippen LogP contribution in [-0.2, 0) is 17.8 Å². The van der Waals surface area contributed by atoms with E-state index in [1.165, 1.54) is 0 Å². The van der Waals surface area contributed by atoms with E-state index in [9.17, 15) is 4.79 Å². The van der Waals surface area contributed by atoms with Crippen molar-refractivity contribution in [2.75, 3.05) is 6.54 Å². The van der Waals surface area contributed by atoms with Crippen LogP contribution in [0.2, 0.25) is 5.02 Å². The summed E-state index contributed by atoms with van der Waals surface area (Å²) in [4.78, 5) is 11.7. The first-order valence-corrected chi connectivity index (χ1v) is 8.20. The maximum atomic E-state index is 11.7. The van der Waals surface area contributed by atoms with Gasteiger partial charge in [-0.15, -0.1) is 5.10 Å². The molecule has 1 heterocycles. The Balaban J connectivity index is 1.44. The monoisotopic (exact) mass is 356 g/mol. The van der Waals surface area contributed by atoms with Crippen LogP contribution < -0.4 is 5.32 Å². The lowest BCUT2D eigenvalue weighted by atomic mass is 10.1. The minimum atomic E-state index is -0.475. The van der Waals surface area contributed by atoms with Gasteiger partial charge in [-0.2, -0.15) is 0 Å². The molecule has 0 saturated heterocycles. The fraction of sp³-hybridized carbons (Fsp3) is 0.167. The molecule has 6 nitrogen and oxygen atoms in total. The lowest BCUT2D eigenvalue weighted by molar-refractivity contribution is 0.138. The largest absolute Gasteiger partial charge is 0.443 e. The fourth-order valence-corrected chi connectivity index (χ4v) is 2.35. The maximum absolute atomic E-state index is 11.7. The summed E-state index contributed by atoms with van der Waals surface area (Å²) in [5.74, 6) is 0. The number of hydrogen-bond donors (Lipinski definition) is 1. The Morgan fingerprint density at radius 2 is 1.88 bits per heavy atom. The number of amides is 1. The predicted molar refractivity (Wildman–Crippen MR) is 94.7 cm³/mol. The number of benzene rings is 2. The van der Waals surface area contributed by atoms with Crippen LogP contribution in [-0.4, -0.2) is 27.6 Å². The summed E-state index contributed by atoms with van der Waals surface area (Å²) in [5.41, 5.74) is 2.55. The Morgan fingerprint density at radius 3 is 2.64 bits per heavy atom. The van der Waals surface area contributed by atoms with E-state index < -0.39 is 6.09 Å². The summed E-state index contributed by atoms with van der Waals surface area (Å²) in [7, 11) is 0. The summed E-state index contributed by atoms with van der Waals surface area (Å²) in [6.45, 7) is 0.574. The van der Waals surface area contributed by atoms with E-state index in [-0.39, 0.29) is 6.61 Å². The third-order valence-corrected chi connectivity index (χ3v) is 3.76. The van der Waals surface area contributed by atoms with Crippen LogP contribution in [0.5, 0.6) is 0 Å². The summed E-state index contributed by atoms with van der Waals surface area (Å²) in [6.07, 6.45) is 1.99. The molecular weight excluding hydrogens is 340 g/mol. The van der Waals surface area contributed by atoms with Crippen molar-refractivity contribution in [1.29, 1.82) is 0 Å². The van der Waals surface area contributed by atoms with Gasteiger partial charge in [0.25, 0.3) is 0 Å². The standard InChI is InChI=1S/C18H17ClN4O2/c19-15-6-8-17(9-7-15)23-12-16(21-22-23)13-25-18(24)20-11-10-14-4-2-1-3-5-14/h1-9,12H,10-11,13H2,(H,20,24). The number of carbonyl (C=O) groups is 1. The van der Waals surface area contributed by atoms with Crippen LogP contribution in [0.3, 0.4) is 0 Å². The van der Waals surface area contributed by atoms with E-state index in [1.54, 1.807) is 23.0 Å². The molecule has 0 atom stereocenters. The molecule has 0 aliphatic rings. The van der Waals surface area contributed by atoms with Crippen molar-refractivity contribution < 1.29 is 9.53 Å². The number of carbonyl (C=O) groups excluding carboxylic acids is 1. The summed E-state index contributed by atoms with van der Waals surface area (Å²) in [6, 6.07) is 17.1. The Labute approximate surface area is 150 Å². The van der Waals surface area contributed by atoms with E-state index >= 15 is 0 Å². The van der Waals surface area contributed by atoms with Crippen LogP contribution >= 0.6 is 11.6 Å². The topological polar surface area (TPSA) is 69.0 Å². The van der Waals surface area contributed by atoms with E-state index in [1.807, 2.05) is 42.5 Å². The molecule has 0 radical (unpaired) electrons. The van der Waals surface area contributed by atoms with E-state index in [0.29, 0.717) is 17.3 Å². The van der Waals surface area contributed by atoms with Gasteiger partial charge in [0.2, 0.25) is 0 Å². The van der Waals surface area contributed by atoms with Crippen molar-refractivity contribution in [3.63, 3.8) is 0 Å². The molecule has 0 fully saturated rings. The number of halogens is 1. The molecule has 0 saturated carbocycles. The van der Waals surface area contributed by atoms with Crippen LogP contribution in [0.4, 0.5) is 4.79 Å². The predicted octanol–water partition coefficient (Wildman–Crippen LogP) is 3.39. The third-order valence-electron chi connectivity index (χ3n) is 3.51. The second kappa shape index (κ2) is 8.30. The molecule has 0 unspecified atom stereocenters. The molecule has 1 aromatic heterocycles. The minimum absolute atomic E-state index is 0.0603. The molecule has 1 N–H and O–H groups in total. The average molecular weight is 357 g/mol. The van der Waals surface area contributed by atoms with Crippen molar-refractivity contribution in [3.8, 4) is 5.69 Å². The Bertz CT molecular complexity index is 819. The highest BCUT2D eigenvalue weighted by Crippen LogP contribution is 2.12. The molecule has 1 amide bonds. The number of hydrogen-bond acceptors (Lipinski definition) is 4. The van der Waals surface area contributed by atoms with Crippen LogP contribution in [0, 0.1) is 0 Å². The normalized spacial score (nSPS) is 10.4. The van der Waals surface area contributed by atoms with E-state index in [0.717, 1.165) is 17.7 Å². The van der Waals surface area contributed by atoms with Crippen LogP contribution in [0.15, 0.2) is 60.8 Å². The fourth-order valence-electron chi connectivity index (χ4n) is 2.23. The van der Waals surface area contributed by atoms with E-state index in [2.05, 4.69) is 15.6 Å². The Hall–Kier alpha value is -2.86. The first-order chi connectivity index (χ1) is 12.2. The summed E-state index contributed by atoms with van der Waals surface area (Å²) >= 11 is 5.86. The lowest BCUT2D eigenvalue weighted by Crippen LogP contribution is -2.26. The molecule has 3 rings (SSSR count). The van der Waals surface area contributed by atoms with Gasteiger partial charge < -0.3 is 10.1 Å². The number of rotatable bonds is 6. The number of alkyl carbamates (subject to hydrolysis) is 1. The second-order valence-electron chi connectivity index (χ2n) is 5.37. The Kier molecular flexibility index (Phi) is 5.64. The zero-order valence-corrected chi connectivity index (χ0v) is 14.2. The lowest BCUT2D eigenvalue weighted by Gasteiger charge is -2.05. The summed E-state index contributed by atoms with van der Waals surface area (Å²) < 4.78 is 6.75. The zero-order valence-electron chi connectivity index (χ0n) is 13.4. The first-order valence-electron chi connectivity index (χ1n) is 7.82. The number of ether oxygens (including phenoxy) is 1. The highest BCUT2D eigenvalue weighted by Gasteiger charge is 2.07. The molecular formula is C18H17ClN4O2. The highest BCUT2D eigenvalue weighted by atomic mass is 35.5. The smallest absolute Gasteiger partial charge is 0.407 e. The zero-order chi connectivity index (χ0) is 17.5. The highest BCUT2D eigenvalue weighted by molar-refractivity contribution is 6.30. The number of nitrogens with zero attached hydrogens (tertiary/aromatic N) is 3. The van der Waals surface area contributed by atoms with Crippen molar-refractivity contribution in [3.05, 3.63) is 77.1 Å². The van der Waals surface area contributed by atoms with Crippen molar-refractivity contribution >= 4 is 17.7 Å². The van der Waals surface area contributed by atoms with Gasteiger partial charge in [-0.05, 0) is 36.2 Å². The molecule has 7 heteroatoms. The third kappa shape index (κ3) is 5.06. The van der Waals surface area contributed by atoms with Gasteiger partial charge in [0.15, 0.2) is 0 Å². The molecule has 0 aliphatic carbocycles. The molecule has 0 aliphatic heterocycles. The van der Waals surface area contributed by atoms with Gasteiger partial charge in [0, 0.05) is 11.6 Å². The van der Waals surface area contributed by atoms with Crippen LogP contribution in [0.1, 0.15) is 11.3 Å². The van der Waals surface area contributed by atoms with Gasteiger partial charge in [-0.25, -0.2) is 9.48 Å². The molecule has 25 heavy (non-hydrogen) atoms. The van der Waals surface area contributed by atoms with Gasteiger partial charge in [-0.1, -0.05) is 47.1 Å². The second-order valence-corrected chi connectivity index (χ2v) is 5.81. The van der Waals surface area contributed by atoms with Gasteiger partial charge in [0.05, 0.1) is 11.9 Å². The molecule has 3 aromatic rings. The Morgan fingerprint density at radius 1 is 1.12 bits per heavy atom. The quantitative estimate of drug-likeness (QED) is 0.735. The SMILES string of the molecule is O=C(NCCc1ccccc1)OCc1cn(-c2ccc(Cl)cc2)nn1. The molecule has 0 bridgehead atoms. The van der Waals surface area contributed by atoms with Gasteiger partial charge in [0.1, 0.15) is 12.3 Å². The molecule has 128 valence electrons. The van der Waals surface area contributed by atoms with E-state index in [4.69, 9.17) is 16.3 Å². The average Bonchev–Trinajstić information content (AvgIpc) is 3.10.